The van der Waals surface area contributed by atoms with Crippen molar-refractivity contribution in [2.45, 2.75) is 80.1 Å². The molecule has 1 aliphatic heterocycles. The van der Waals surface area contributed by atoms with Crippen LogP contribution in [0.3, 0.4) is 0 Å². The molecule has 294 valence electrons. The molecule has 0 aromatic heterocycles. The number of fused-ring (bicyclic) bond motifs is 5. The molecule has 0 spiro atoms. The van der Waals surface area contributed by atoms with Crippen molar-refractivity contribution in [1.29, 1.82) is 0 Å². The van der Waals surface area contributed by atoms with Crippen LogP contribution in [0.4, 0.5) is 0 Å². The normalized spacial score (nSPS) is 11.1. The summed E-state index contributed by atoms with van der Waals surface area (Å²) in [4.78, 5) is 0. The zero-order chi connectivity index (χ0) is 41.0. The minimum Gasteiger partial charge on any atom is -0.184 e. The third-order valence-corrected chi connectivity index (χ3v) is 12.3. The second kappa shape index (κ2) is 21.5. The Labute approximate surface area is 368 Å². The van der Waals surface area contributed by atoms with Gasteiger partial charge in [0.05, 0.1) is 9.52 Å². The third kappa shape index (κ3) is 10.1. The van der Waals surface area contributed by atoms with E-state index in [0.717, 1.165) is 35.2 Å². The van der Waals surface area contributed by atoms with E-state index in [0.29, 0.717) is 0 Å². The average molecular weight is 892 g/mol. The third-order valence-electron chi connectivity index (χ3n) is 10.9. The Bertz CT molecular complexity index is 2400. The van der Waals surface area contributed by atoms with Gasteiger partial charge in [-0.15, -0.1) is 74.6 Å². The van der Waals surface area contributed by atoms with Gasteiger partial charge in [0.2, 0.25) is 0 Å². The molecule has 0 saturated carbocycles. The Morgan fingerprint density at radius 2 is 0.983 bits per heavy atom. The van der Waals surface area contributed by atoms with Gasteiger partial charge in [-0.3, -0.25) is 0 Å². The first kappa shape index (κ1) is 43.8. The molecule has 8 aromatic carbocycles. The fourth-order valence-corrected chi connectivity index (χ4v) is 9.73. The average Bonchev–Trinajstić information content (AvgIpc) is 3.95. The van der Waals surface area contributed by atoms with Gasteiger partial charge >= 0.3 is 37.9 Å². The Balaban J connectivity index is 0.000000145. The smallest absolute Gasteiger partial charge is 0.0920 e. The van der Waals surface area contributed by atoms with Crippen LogP contribution >= 0.6 is 17.0 Å². The molecule has 0 amide bonds. The molecule has 0 saturated heterocycles. The molecule has 4 heteroatoms. The molecule has 0 unspecified atom stereocenters. The quantitative estimate of drug-likeness (QED) is 0.105. The number of hydrogen-bond donors (Lipinski definition) is 0. The van der Waals surface area contributed by atoms with E-state index in [4.69, 9.17) is 17.0 Å². The van der Waals surface area contributed by atoms with Crippen molar-refractivity contribution in [3.63, 3.8) is 0 Å². The van der Waals surface area contributed by atoms with Gasteiger partial charge in [0.1, 0.15) is 0 Å². The van der Waals surface area contributed by atoms with Crippen molar-refractivity contribution in [1.82, 2.24) is 0 Å². The fourth-order valence-electron chi connectivity index (χ4n) is 8.42. The SMILES string of the molecule is CCCc1ccc2[cH-]c(C)cc2c1-c1ccccc1CC.CCCc1ccc2[cH-]c(C)cc2c1-c1ccccc1CC.[Cl][Zr][Cl].[c-]1cccc2c1[Si]c1ccccc1-2. The number of halogens is 2. The predicted octanol–water partition coefficient (Wildman–Crippen LogP) is 14.6. The fraction of sp³-hybridized carbons (Fsp3) is 0.222. The molecular formula is C54H53Cl2SiZr-3. The molecule has 0 nitrogen and oxygen atoms in total. The Hall–Kier alpha value is -3.78. The van der Waals surface area contributed by atoms with Gasteiger partial charge in [0.25, 0.3) is 0 Å². The van der Waals surface area contributed by atoms with E-state index in [2.05, 4.69) is 181 Å². The molecule has 0 fully saturated rings. The first-order chi connectivity index (χ1) is 28.3. The number of hydrogen-bond acceptors (Lipinski definition) is 0. The van der Waals surface area contributed by atoms with Crippen molar-refractivity contribution in [2.24, 2.45) is 0 Å². The van der Waals surface area contributed by atoms with Crippen molar-refractivity contribution in [2.75, 3.05) is 0 Å². The van der Waals surface area contributed by atoms with E-state index in [1.165, 1.54) is 112 Å². The minimum absolute atomic E-state index is 0.795. The molecular weight excluding hydrogens is 839 g/mol. The maximum Gasteiger partial charge on any atom is 0.0920 e. The minimum atomic E-state index is -0.826. The number of benzene rings is 6. The van der Waals surface area contributed by atoms with Crippen LogP contribution in [0.5, 0.6) is 0 Å². The summed E-state index contributed by atoms with van der Waals surface area (Å²) in [5, 5.41) is 8.39. The molecule has 2 radical (unpaired) electrons. The summed E-state index contributed by atoms with van der Waals surface area (Å²) >= 11 is -0.826. The Morgan fingerprint density at radius 3 is 1.47 bits per heavy atom. The molecule has 0 aliphatic carbocycles. The summed E-state index contributed by atoms with van der Waals surface area (Å²) in [6.45, 7) is 13.4. The summed E-state index contributed by atoms with van der Waals surface area (Å²) in [5.74, 6) is 0. The maximum absolute atomic E-state index is 4.93. The van der Waals surface area contributed by atoms with Crippen molar-refractivity contribution in [3.8, 4) is 33.4 Å². The second-order valence-corrected chi connectivity index (χ2v) is 20.0. The van der Waals surface area contributed by atoms with E-state index < -0.39 is 20.8 Å². The van der Waals surface area contributed by atoms with Crippen molar-refractivity contribution >= 4 is 58.5 Å². The largest absolute Gasteiger partial charge is 0.184 e. The van der Waals surface area contributed by atoms with Gasteiger partial charge in [0.15, 0.2) is 0 Å². The van der Waals surface area contributed by atoms with E-state index in [1.807, 2.05) is 6.07 Å². The molecule has 1 heterocycles. The van der Waals surface area contributed by atoms with Crippen LogP contribution in [0.2, 0.25) is 0 Å². The van der Waals surface area contributed by atoms with Crippen molar-refractivity contribution in [3.05, 3.63) is 179 Å². The van der Waals surface area contributed by atoms with Gasteiger partial charge < -0.3 is 0 Å². The molecule has 58 heavy (non-hydrogen) atoms. The Morgan fingerprint density at radius 1 is 0.534 bits per heavy atom. The molecule has 9 rings (SSSR count). The van der Waals surface area contributed by atoms with E-state index in [1.54, 1.807) is 0 Å². The second-order valence-electron chi connectivity index (χ2n) is 15.0. The molecule has 0 atom stereocenters. The summed E-state index contributed by atoms with van der Waals surface area (Å²) in [6.07, 6.45) is 6.83. The van der Waals surface area contributed by atoms with E-state index >= 15 is 0 Å². The standard InChI is InChI=1S/2C21H23.C12H7Si.2ClH.Zr/c2*1-4-8-17-11-12-18-13-15(3)14-20(18)21(17)19-10-7-6-9-16(19)5-2;1-3-7-11-9(5-1)10-6-2-4-8-12(10)13-11;;;/h2*6-7,9-14H,4-5,8H2,1-3H3;1-7H;2*1H;/q3*-1;;;+2/p-2. The van der Waals surface area contributed by atoms with Crippen LogP contribution in [0.1, 0.15) is 73.9 Å². The molecule has 8 aromatic rings. The Kier molecular flexibility index (Phi) is 16.2. The topological polar surface area (TPSA) is 0 Å². The number of aryl methyl sites for hydroxylation is 6. The summed E-state index contributed by atoms with van der Waals surface area (Å²) in [5.41, 5.74) is 17.1. The predicted molar refractivity (Wildman–Crippen MR) is 254 cm³/mol. The van der Waals surface area contributed by atoms with Crippen LogP contribution < -0.4 is 10.4 Å². The van der Waals surface area contributed by atoms with Gasteiger partial charge in [0, 0.05) is 0 Å². The zero-order valence-electron chi connectivity index (χ0n) is 34.8. The van der Waals surface area contributed by atoms with Gasteiger partial charge in [-0.05, 0) is 47.9 Å². The van der Waals surface area contributed by atoms with Crippen LogP contribution in [0, 0.1) is 19.9 Å². The first-order valence-electron chi connectivity index (χ1n) is 20.7. The van der Waals surface area contributed by atoms with Gasteiger partial charge in [-0.1, -0.05) is 160 Å². The van der Waals surface area contributed by atoms with Crippen molar-refractivity contribution < 1.29 is 20.8 Å². The van der Waals surface area contributed by atoms with Crippen LogP contribution in [-0.4, -0.2) is 9.52 Å². The number of rotatable bonds is 8. The van der Waals surface area contributed by atoms with E-state index in [-0.39, 0.29) is 0 Å². The van der Waals surface area contributed by atoms with Crippen LogP contribution in [-0.2, 0) is 46.5 Å². The van der Waals surface area contributed by atoms with E-state index in [9.17, 15) is 0 Å². The first-order valence-corrected chi connectivity index (χ1v) is 28.1. The molecule has 0 bridgehead atoms. The molecule has 0 N–H and O–H groups in total. The zero-order valence-corrected chi connectivity index (χ0v) is 39.7. The summed E-state index contributed by atoms with van der Waals surface area (Å²) < 4.78 is 0. The summed E-state index contributed by atoms with van der Waals surface area (Å²) in [6, 6.07) is 54.4. The van der Waals surface area contributed by atoms with Crippen LogP contribution in [0.25, 0.3) is 54.9 Å². The summed E-state index contributed by atoms with van der Waals surface area (Å²) in [7, 11) is 10.7. The van der Waals surface area contributed by atoms with Gasteiger partial charge in [-0.2, -0.15) is 41.6 Å². The van der Waals surface area contributed by atoms with Gasteiger partial charge in [-0.25, -0.2) is 0 Å². The maximum atomic E-state index is 4.93. The molecule has 1 aliphatic rings. The monoisotopic (exact) mass is 889 g/mol. The van der Waals surface area contributed by atoms with Crippen LogP contribution in [0.15, 0.2) is 140 Å².